The van der Waals surface area contributed by atoms with Crippen molar-refractivity contribution in [2.24, 2.45) is 0 Å². The summed E-state index contributed by atoms with van der Waals surface area (Å²) >= 11 is 4.74. The Bertz CT molecular complexity index is 1170. The Kier molecular flexibility index (Phi) is 5.94. The highest BCUT2D eigenvalue weighted by Gasteiger charge is 2.14. The number of aromatic nitrogens is 1. The predicted molar refractivity (Wildman–Crippen MR) is 122 cm³/mol. The molecule has 8 heteroatoms. The summed E-state index contributed by atoms with van der Waals surface area (Å²) in [5.41, 5.74) is 2.12. The van der Waals surface area contributed by atoms with Gasteiger partial charge in [-0.05, 0) is 41.8 Å². The Morgan fingerprint density at radius 3 is 2.72 bits per heavy atom. The van der Waals surface area contributed by atoms with Gasteiger partial charge in [0.2, 0.25) is 5.91 Å². The molecule has 0 aliphatic heterocycles. The predicted octanol–water partition coefficient (Wildman–Crippen LogP) is 5.86. The van der Waals surface area contributed by atoms with Gasteiger partial charge in [0, 0.05) is 28.1 Å². The zero-order valence-corrected chi connectivity index (χ0v) is 17.9. The summed E-state index contributed by atoms with van der Waals surface area (Å²) in [6.07, 6.45) is 0. The summed E-state index contributed by atoms with van der Waals surface area (Å²) in [5.74, 6) is 0.522. The van der Waals surface area contributed by atoms with Gasteiger partial charge in [0.25, 0.3) is 5.91 Å². The van der Waals surface area contributed by atoms with Crippen LogP contribution in [0.25, 0.3) is 10.2 Å². The molecule has 0 saturated carbocycles. The molecule has 0 bridgehead atoms. The number of thioether (sulfide) groups is 1. The number of benzene rings is 2. The van der Waals surface area contributed by atoms with E-state index < -0.39 is 0 Å². The van der Waals surface area contributed by atoms with Crippen LogP contribution in [0, 0.1) is 0 Å². The second-order valence-corrected chi connectivity index (χ2v) is 9.28. The fourth-order valence-corrected chi connectivity index (χ4v) is 5.47. The summed E-state index contributed by atoms with van der Waals surface area (Å²) in [4.78, 5) is 30.8. The van der Waals surface area contributed by atoms with E-state index in [0.29, 0.717) is 16.4 Å². The average molecular weight is 440 g/mol. The highest BCUT2D eigenvalue weighted by Crippen LogP contribution is 2.31. The molecule has 0 spiro atoms. The lowest BCUT2D eigenvalue weighted by molar-refractivity contribution is -0.114. The first-order chi connectivity index (χ1) is 14.1. The van der Waals surface area contributed by atoms with Crippen molar-refractivity contribution in [3.05, 3.63) is 70.4 Å². The molecule has 2 aromatic carbocycles. The Labute approximate surface area is 180 Å². The van der Waals surface area contributed by atoms with Crippen molar-refractivity contribution in [1.29, 1.82) is 0 Å². The largest absolute Gasteiger partial charge is 0.326 e. The standard InChI is InChI=1S/C21H17N3O2S3/c1-13(25)22-14-8-9-17-19(11-14)29-21(23-17)24-20(26)16-6-2-3-7-18(16)28-12-15-5-4-10-27-15/h2-11H,12H2,1H3,(H,22,25)(H,23,24,26). The maximum absolute atomic E-state index is 12.9. The minimum Gasteiger partial charge on any atom is -0.326 e. The molecule has 146 valence electrons. The molecule has 29 heavy (non-hydrogen) atoms. The van der Waals surface area contributed by atoms with Gasteiger partial charge < -0.3 is 5.32 Å². The lowest BCUT2D eigenvalue weighted by atomic mass is 10.2. The van der Waals surface area contributed by atoms with Crippen molar-refractivity contribution in [2.75, 3.05) is 10.6 Å². The van der Waals surface area contributed by atoms with Crippen LogP contribution in [0.2, 0.25) is 0 Å². The summed E-state index contributed by atoms with van der Waals surface area (Å²) < 4.78 is 0.895. The van der Waals surface area contributed by atoms with Gasteiger partial charge in [-0.25, -0.2) is 4.98 Å². The van der Waals surface area contributed by atoms with Gasteiger partial charge in [0.05, 0.1) is 15.8 Å². The molecule has 0 fully saturated rings. The van der Waals surface area contributed by atoms with E-state index in [9.17, 15) is 9.59 Å². The SMILES string of the molecule is CC(=O)Nc1ccc2nc(NC(=O)c3ccccc3SCc3cccs3)sc2c1. The number of thiazole rings is 1. The number of hydrogen-bond acceptors (Lipinski definition) is 6. The van der Waals surface area contributed by atoms with Gasteiger partial charge in [0.15, 0.2) is 5.13 Å². The number of carbonyl (C=O) groups is 2. The number of carbonyl (C=O) groups excluding carboxylic acids is 2. The van der Waals surface area contributed by atoms with Crippen LogP contribution in [0.1, 0.15) is 22.2 Å². The number of hydrogen-bond donors (Lipinski definition) is 2. The van der Waals surface area contributed by atoms with Crippen molar-refractivity contribution in [1.82, 2.24) is 4.98 Å². The van der Waals surface area contributed by atoms with Crippen LogP contribution in [-0.4, -0.2) is 16.8 Å². The van der Waals surface area contributed by atoms with E-state index in [1.807, 2.05) is 42.5 Å². The highest BCUT2D eigenvalue weighted by atomic mass is 32.2. The van der Waals surface area contributed by atoms with Crippen molar-refractivity contribution in [3.8, 4) is 0 Å². The number of nitrogens with zero attached hydrogens (tertiary/aromatic N) is 1. The quantitative estimate of drug-likeness (QED) is 0.369. The maximum Gasteiger partial charge on any atom is 0.258 e. The number of nitrogens with one attached hydrogen (secondary N) is 2. The van der Waals surface area contributed by atoms with E-state index in [2.05, 4.69) is 27.1 Å². The number of anilines is 2. The third kappa shape index (κ3) is 4.84. The average Bonchev–Trinajstić information content (AvgIpc) is 3.35. The van der Waals surface area contributed by atoms with Crippen LogP contribution in [0.5, 0.6) is 0 Å². The molecule has 0 aliphatic carbocycles. The van der Waals surface area contributed by atoms with Crippen molar-refractivity contribution in [3.63, 3.8) is 0 Å². The first kappa shape index (κ1) is 19.6. The maximum atomic E-state index is 12.9. The Balaban J connectivity index is 1.51. The molecule has 5 nitrogen and oxygen atoms in total. The molecule has 2 aromatic heterocycles. The van der Waals surface area contributed by atoms with Crippen molar-refractivity contribution >= 4 is 67.3 Å². The molecular weight excluding hydrogens is 422 g/mol. The van der Waals surface area contributed by atoms with E-state index in [1.165, 1.54) is 23.1 Å². The van der Waals surface area contributed by atoms with E-state index in [1.54, 1.807) is 29.2 Å². The molecule has 0 unspecified atom stereocenters. The van der Waals surface area contributed by atoms with Crippen LogP contribution in [0.3, 0.4) is 0 Å². The Morgan fingerprint density at radius 2 is 1.93 bits per heavy atom. The number of amides is 2. The minimum absolute atomic E-state index is 0.126. The third-order valence-electron chi connectivity index (χ3n) is 4.01. The molecule has 2 amide bonds. The Morgan fingerprint density at radius 1 is 1.07 bits per heavy atom. The molecule has 0 aliphatic rings. The topological polar surface area (TPSA) is 71.1 Å². The molecule has 2 N–H and O–H groups in total. The fraction of sp³-hybridized carbons (Fsp3) is 0.0952. The van der Waals surface area contributed by atoms with Gasteiger partial charge in [-0.1, -0.05) is 29.5 Å². The van der Waals surface area contributed by atoms with Crippen LogP contribution >= 0.6 is 34.4 Å². The van der Waals surface area contributed by atoms with Gasteiger partial charge >= 0.3 is 0 Å². The first-order valence-corrected chi connectivity index (χ1v) is 11.5. The lowest BCUT2D eigenvalue weighted by Gasteiger charge is -2.08. The van der Waals surface area contributed by atoms with Crippen molar-refractivity contribution < 1.29 is 9.59 Å². The fourth-order valence-electron chi connectivity index (χ4n) is 2.75. The first-order valence-electron chi connectivity index (χ1n) is 8.82. The summed E-state index contributed by atoms with van der Waals surface area (Å²) in [6, 6.07) is 17.2. The van der Waals surface area contributed by atoms with Crippen LogP contribution in [0.4, 0.5) is 10.8 Å². The lowest BCUT2D eigenvalue weighted by Crippen LogP contribution is -2.12. The second-order valence-electron chi connectivity index (χ2n) is 6.20. The molecule has 0 radical (unpaired) electrons. The number of fused-ring (bicyclic) bond motifs is 1. The van der Waals surface area contributed by atoms with E-state index in [-0.39, 0.29) is 11.8 Å². The zero-order chi connectivity index (χ0) is 20.2. The van der Waals surface area contributed by atoms with Gasteiger partial charge in [0.1, 0.15) is 0 Å². The molecule has 4 rings (SSSR count). The van der Waals surface area contributed by atoms with E-state index >= 15 is 0 Å². The molecule has 0 atom stereocenters. The van der Waals surface area contributed by atoms with Crippen LogP contribution in [0.15, 0.2) is 64.9 Å². The minimum atomic E-state index is -0.180. The third-order valence-corrected chi connectivity index (χ3v) is 7.13. The number of thiophene rings is 1. The highest BCUT2D eigenvalue weighted by molar-refractivity contribution is 7.98. The van der Waals surface area contributed by atoms with Crippen LogP contribution in [-0.2, 0) is 10.5 Å². The zero-order valence-electron chi connectivity index (χ0n) is 15.5. The summed E-state index contributed by atoms with van der Waals surface area (Å²) in [5, 5.41) is 8.25. The van der Waals surface area contributed by atoms with Gasteiger partial charge in [-0.2, -0.15) is 0 Å². The molecule has 2 heterocycles. The number of rotatable bonds is 6. The normalized spacial score (nSPS) is 10.8. The molecule has 0 saturated heterocycles. The van der Waals surface area contributed by atoms with Gasteiger partial charge in [-0.15, -0.1) is 23.1 Å². The van der Waals surface area contributed by atoms with E-state index in [0.717, 1.165) is 20.9 Å². The van der Waals surface area contributed by atoms with Crippen molar-refractivity contribution in [2.45, 2.75) is 17.6 Å². The summed E-state index contributed by atoms with van der Waals surface area (Å²) in [7, 11) is 0. The van der Waals surface area contributed by atoms with Crippen LogP contribution < -0.4 is 10.6 Å². The summed E-state index contributed by atoms with van der Waals surface area (Å²) in [6.45, 7) is 1.47. The second kappa shape index (κ2) is 8.77. The van der Waals surface area contributed by atoms with E-state index in [4.69, 9.17) is 0 Å². The smallest absolute Gasteiger partial charge is 0.258 e. The monoisotopic (exact) mass is 439 g/mol. The Hall–Kier alpha value is -2.68. The molecular formula is C21H17N3O2S3. The molecule has 4 aromatic rings. The van der Waals surface area contributed by atoms with Gasteiger partial charge in [-0.3, -0.25) is 14.9 Å².